The van der Waals surface area contributed by atoms with Crippen LogP contribution in [0.3, 0.4) is 0 Å². The Morgan fingerprint density at radius 3 is 2.33 bits per heavy atom. The number of hydrogen-bond donors (Lipinski definition) is 4. The lowest BCUT2D eigenvalue weighted by Crippen LogP contribution is -2.44. The van der Waals surface area contributed by atoms with E-state index < -0.39 is 47.1 Å². The first kappa shape index (κ1) is 29.3. The molecule has 5 N–H and O–H groups in total. The molecule has 3 rings (SSSR count). The molecule has 7 nitrogen and oxygen atoms in total. The first-order valence-electron chi connectivity index (χ1n) is 11.0. The summed E-state index contributed by atoms with van der Waals surface area (Å²) in [5.74, 6) is -4.09. The van der Waals surface area contributed by atoms with Gasteiger partial charge in [-0.1, -0.05) is 62.2 Å². The predicted molar refractivity (Wildman–Crippen MR) is 134 cm³/mol. The molecule has 0 saturated carbocycles. The second kappa shape index (κ2) is 11.4. The van der Waals surface area contributed by atoms with Crippen LogP contribution < -0.4 is 16.4 Å². The SMILES string of the molecule is CC(C)(C)C[C@@H]1N[C@@H](C(=O)O)[C@H](c2cccc(Cl)c2F)[C@@]1(C#N)c1ccc(Cl)cc1F.CNC(N)=O. The molecule has 1 aliphatic heterocycles. The van der Waals surface area contributed by atoms with E-state index in [2.05, 4.69) is 22.4 Å². The minimum absolute atomic E-state index is 0.0331. The van der Waals surface area contributed by atoms with Crippen LogP contribution in [0.25, 0.3) is 0 Å². The number of urea groups is 1. The number of hydrogen-bond acceptors (Lipinski definition) is 4. The number of amides is 2. The number of nitriles is 1. The fraction of sp³-hybridized carbons (Fsp3) is 0.400. The molecule has 1 saturated heterocycles. The van der Waals surface area contributed by atoms with E-state index in [0.717, 1.165) is 6.07 Å². The van der Waals surface area contributed by atoms with E-state index in [4.69, 9.17) is 23.2 Å². The fourth-order valence-corrected chi connectivity index (χ4v) is 4.88. The molecule has 0 spiro atoms. The lowest BCUT2D eigenvalue weighted by molar-refractivity contribution is -0.139. The first-order valence-corrected chi connectivity index (χ1v) is 11.7. The van der Waals surface area contributed by atoms with Crippen LogP contribution in [0.15, 0.2) is 36.4 Å². The third-order valence-electron chi connectivity index (χ3n) is 5.96. The molecular formula is C25H28Cl2F2N4O3. The maximum Gasteiger partial charge on any atom is 0.321 e. The number of carbonyl (C=O) groups is 2. The Bertz CT molecular complexity index is 1180. The highest BCUT2D eigenvalue weighted by molar-refractivity contribution is 6.31. The van der Waals surface area contributed by atoms with Gasteiger partial charge in [0.2, 0.25) is 0 Å². The molecule has 0 radical (unpaired) electrons. The highest BCUT2D eigenvalue weighted by Crippen LogP contribution is 2.52. The summed E-state index contributed by atoms with van der Waals surface area (Å²) < 4.78 is 30.3. The van der Waals surface area contributed by atoms with Crippen molar-refractivity contribution in [2.24, 2.45) is 11.1 Å². The van der Waals surface area contributed by atoms with E-state index in [1.54, 1.807) is 0 Å². The van der Waals surface area contributed by atoms with Gasteiger partial charge in [0.25, 0.3) is 0 Å². The number of halogens is 4. The number of carboxylic acid groups (broad SMARTS) is 1. The zero-order chi connectivity index (χ0) is 27.4. The van der Waals surface area contributed by atoms with Gasteiger partial charge < -0.3 is 16.2 Å². The number of rotatable bonds is 4. The standard InChI is InChI=1S/C23H22Cl2F2N2O2.C2H6N2O/c1-22(2,3)10-17-23(11-28,14-8-7-12(24)9-16(14)26)18(20(29-17)21(30)31)13-5-4-6-15(25)19(13)27;1-4-2(3)5/h4-9,17-18,20,29H,10H2,1-3H3,(H,30,31);1H3,(H3,3,4,5)/t17-,18-,20+,23-;/m0./s1. The number of nitrogens with zero attached hydrogens (tertiary/aromatic N) is 1. The van der Waals surface area contributed by atoms with Crippen molar-refractivity contribution in [1.29, 1.82) is 5.26 Å². The van der Waals surface area contributed by atoms with Gasteiger partial charge in [-0.15, -0.1) is 0 Å². The Morgan fingerprint density at radius 2 is 1.86 bits per heavy atom. The monoisotopic (exact) mass is 540 g/mol. The van der Waals surface area contributed by atoms with Gasteiger partial charge >= 0.3 is 12.0 Å². The molecule has 0 bridgehead atoms. The van der Waals surface area contributed by atoms with Crippen LogP contribution in [0, 0.1) is 28.4 Å². The van der Waals surface area contributed by atoms with E-state index in [9.17, 15) is 20.0 Å². The fourth-order valence-electron chi connectivity index (χ4n) is 4.54. The van der Waals surface area contributed by atoms with Crippen molar-refractivity contribution in [3.63, 3.8) is 0 Å². The number of nitrogens with one attached hydrogen (secondary N) is 2. The van der Waals surface area contributed by atoms with Crippen molar-refractivity contribution < 1.29 is 23.5 Å². The first-order chi connectivity index (χ1) is 16.7. The average molecular weight is 541 g/mol. The number of carboxylic acids is 1. The summed E-state index contributed by atoms with van der Waals surface area (Å²) in [4.78, 5) is 21.7. The zero-order valence-electron chi connectivity index (χ0n) is 20.2. The second-order valence-corrected chi connectivity index (χ2v) is 10.5. The van der Waals surface area contributed by atoms with Crippen molar-refractivity contribution in [1.82, 2.24) is 10.6 Å². The third kappa shape index (κ3) is 6.06. The minimum Gasteiger partial charge on any atom is -0.480 e. The van der Waals surface area contributed by atoms with Gasteiger partial charge in [0, 0.05) is 29.6 Å². The smallest absolute Gasteiger partial charge is 0.321 e. The lowest BCUT2D eigenvalue weighted by atomic mass is 9.62. The van der Waals surface area contributed by atoms with Crippen molar-refractivity contribution in [3.05, 3.63) is 69.2 Å². The predicted octanol–water partition coefficient (Wildman–Crippen LogP) is 4.96. The van der Waals surface area contributed by atoms with Gasteiger partial charge in [0.15, 0.2) is 0 Å². The van der Waals surface area contributed by atoms with Crippen LogP contribution in [0.4, 0.5) is 13.6 Å². The molecule has 4 atom stereocenters. The Hall–Kier alpha value is -2.93. The summed E-state index contributed by atoms with van der Waals surface area (Å²) in [6.07, 6.45) is 0.338. The van der Waals surface area contributed by atoms with E-state index in [-0.39, 0.29) is 26.6 Å². The van der Waals surface area contributed by atoms with Crippen molar-refractivity contribution >= 4 is 35.2 Å². The minimum atomic E-state index is -1.73. The van der Waals surface area contributed by atoms with Crippen LogP contribution >= 0.6 is 23.2 Å². The molecular weight excluding hydrogens is 513 g/mol. The highest BCUT2D eigenvalue weighted by Gasteiger charge is 2.61. The van der Waals surface area contributed by atoms with Gasteiger partial charge in [-0.25, -0.2) is 13.6 Å². The second-order valence-electron chi connectivity index (χ2n) is 9.64. The number of benzene rings is 2. The molecule has 1 aliphatic rings. The van der Waals surface area contributed by atoms with Crippen LogP contribution in [0.2, 0.25) is 10.0 Å². The molecule has 1 fully saturated rings. The van der Waals surface area contributed by atoms with Gasteiger partial charge in [0.05, 0.1) is 11.1 Å². The Kier molecular flexibility index (Phi) is 9.29. The summed E-state index contributed by atoms with van der Waals surface area (Å²) in [5.41, 5.74) is 2.39. The number of aliphatic carboxylic acids is 1. The van der Waals surface area contributed by atoms with Crippen LogP contribution in [-0.4, -0.2) is 36.2 Å². The quantitative estimate of drug-likeness (QED) is 0.435. The number of primary amides is 1. The van der Waals surface area contributed by atoms with Gasteiger partial charge in [0.1, 0.15) is 23.1 Å². The molecule has 0 aliphatic carbocycles. The molecule has 36 heavy (non-hydrogen) atoms. The van der Waals surface area contributed by atoms with E-state index in [1.807, 2.05) is 20.8 Å². The summed E-state index contributed by atoms with van der Waals surface area (Å²) in [6, 6.07) is 7.67. The maximum atomic E-state index is 15.2. The molecule has 0 unspecified atom stereocenters. The van der Waals surface area contributed by atoms with Crippen LogP contribution in [0.1, 0.15) is 44.2 Å². The number of nitrogens with two attached hydrogens (primary N) is 1. The van der Waals surface area contributed by atoms with Crippen molar-refractivity contribution in [2.45, 2.75) is 50.6 Å². The van der Waals surface area contributed by atoms with Crippen LogP contribution in [0.5, 0.6) is 0 Å². The summed E-state index contributed by atoms with van der Waals surface area (Å²) >= 11 is 11.9. The largest absolute Gasteiger partial charge is 0.480 e. The van der Waals surface area contributed by atoms with Gasteiger partial charge in [-0.05, 0) is 35.6 Å². The van der Waals surface area contributed by atoms with E-state index in [1.165, 1.54) is 37.4 Å². The molecule has 2 aromatic carbocycles. The average Bonchev–Trinajstić information content (AvgIpc) is 3.09. The summed E-state index contributed by atoms with van der Waals surface area (Å²) in [6.45, 7) is 5.79. The molecule has 194 valence electrons. The Labute approximate surface area is 218 Å². The van der Waals surface area contributed by atoms with Crippen molar-refractivity contribution in [3.8, 4) is 6.07 Å². The lowest BCUT2D eigenvalue weighted by Gasteiger charge is -2.37. The summed E-state index contributed by atoms with van der Waals surface area (Å²) in [7, 11) is 1.47. The zero-order valence-corrected chi connectivity index (χ0v) is 21.7. The normalized spacial score (nSPS) is 23.2. The van der Waals surface area contributed by atoms with Crippen molar-refractivity contribution in [2.75, 3.05) is 7.05 Å². The summed E-state index contributed by atoms with van der Waals surface area (Å²) in [5, 5.41) is 25.5. The van der Waals surface area contributed by atoms with Gasteiger partial charge in [-0.2, -0.15) is 5.26 Å². The Balaban J connectivity index is 0.000000830. The molecule has 11 heteroatoms. The topological polar surface area (TPSA) is 128 Å². The Morgan fingerprint density at radius 1 is 1.25 bits per heavy atom. The maximum absolute atomic E-state index is 15.2. The molecule has 2 amide bonds. The molecule has 2 aromatic rings. The third-order valence-corrected chi connectivity index (χ3v) is 6.49. The van der Waals surface area contributed by atoms with E-state index in [0.29, 0.717) is 6.42 Å². The number of carbonyl (C=O) groups excluding carboxylic acids is 1. The van der Waals surface area contributed by atoms with Crippen LogP contribution in [-0.2, 0) is 10.2 Å². The van der Waals surface area contributed by atoms with E-state index >= 15 is 8.78 Å². The van der Waals surface area contributed by atoms with Gasteiger partial charge in [-0.3, -0.25) is 10.1 Å². The highest BCUT2D eigenvalue weighted by atomic mass is 35.5. The molecule has 1 heterocycles. The molecule has 0 aromatic heterocycles.